The first-order valence-corrected chi connectivity index (χ1v) is 4.64. The van der Waals surface area contributed by atoms with Gasteiger partial charge in [0.25, 0.3) is 0 Å². The second kappa shape index (κ2) is 3.51. The number of aryl methyl sites for hydroxylation is 1. The maximum absolute atomic E-state index is 8.83. The van der Waals surface area contributed by atoms with Gasteiger partial charge in [0.1, 0.15) is 0 Å². The van der Waals surface area contributed by atoms with E-state index in [4.69, 9.17) is 10.0 Å². The van der Waals surface area contributed by atoms with Crippen molar-refractivity contribution in [3.8, 4) is 0 Å². The molecule has 1 aromatic heterocycles. The third-order valence-electron chi connectivity index (χ3n) is 2.41. The Kier molecular flexibility index (Phi) is 2.37. The molecule has 1 aliphatic rings. The van der Waals surface area contributed by atoms with E-state index in [1.165, 1.54) is 19.0 Å². The van der Waals surface area contributed by atoms with Crippen LogP contribution < -0.4 is 5.46 Å². The second-order valence-electron chi connectivity index (χ2n) is 3.64. The summed E-state index contributed by atoms with van der Waals surface area (Å²) in [6.45, 7) is 0.886. The first-order valence-electron chi connectivity index (χ1n) is 4.64. The zero-order valence-electron chi connectivity index (χ0n) is 7.43. The fourth-order valence-corrected chi connectivity index (χ4v) is 1.36. The minimum Gasteiger partial charge on any atom is -0.423 e. The zero-order chi connectivity index (χ0) is 9.26. The van der Waals surface area contributed by atoms with Crippen LogP contribution in [0.2, 0.25) is 0 Å². The topological polar surface area (TPSA) is 58.3 Å². The molecule has 1 fully saturated rings. The highest BCUT2D eigenvalue weighted by Gasteiger charge is 2.21. The van der Waals surface area contributed by atoms with E-state index in [0.717, 1.165) is 18.9 Å². The highest BCUT2D eigenvalue weighted by Crippen LogP contribution is 2.32. The highest BCUT2D eigenvalue weighted by atomic mass is 16.4. The van der Waals surface area contributed by atoms with Gasteiger partial charge in [-0.1, -0.05) is 12.8 Å². The van der Waals surface area contributed by atoms with Gasteiger partial charge in [-0.05, 0) is 12.3 Å². The molecule has 13 heavy (non-hydrogen) atoms. The van der Waals surface area contributed by atoms with Crippen LogP contribution in [0.5, 0.6) is 0 Å². The van der Waals surface area contributed by atoms with Crippen LogP contribution >= 0.6 is 0 Å². The van der Waals surface area contributed by atoms with Crippen LogP contribution in [0.15, 0.2) is 12.4 Å². The molecule has 0 aliphatic heterocycles. The lowest BCUT2D eigenvalue weighted by molar-refractivity contribution is 0.425. The molecule has 0 spiro atoms. The Bertz CT molecular complexity index is 283. The van der Waals surface area contributed by atoms with Crippen LogP contribution in [-0.4, -0.2) is 26.9 Å². The smallest absolute Gasteiger partial charge is 0.423 e. The first-order chi connectivity index (χ1) is 6.25. The van der Waals surface area contributed by atoms with Gasteiger partial charge in [0.05, 0.1) is 0 Å². The van der Waals surface area contributed by atoms with Crippen molar-refractivity contribution in [1.82, 2.24) is 9.78 Å². The van der Waals surface area contributed by atoms with E-state index in [1.54, 1.807) is 10.9 Å². The Morgan fingerprint density at radius 3 is 2.85 bits per heavy atom. The summed E-state index contributed by atoms with van der Waals surface area (Å²) in [6.07, 6.45) is 7.03. The molecular formula is C8H13BN2O2. The summed E-state index contributed by atoms with van der Waals surface area (Å²) in [5.41, 5.74) is 0.468. The fraction of sp³-hybridized carbons (Fsp3) is 0.625. The SMILES string of the molecule is OB(O)c1cnn(CCC2CC2)c1. The minimum absolute atomic E-state index is 0.468. The molecule has 0 atom stereocenters. The van der Waals surface area contributed by atoms with Crippen molar-refractivity contribution >= 4 is 12.6 Å². The van der Waals surface area contributed by atoms with Gasteiger partial charge in [-0.2, -0.15) is 5.10 Å². The van der Waals surface area contributed by atoms with Crippen LogP contribution in [0.1, 0.15) is 19.3 Å². The van der Waals surface area contributed by atoms with Crippen LogP contribution in [0.4, 0.5) is 0 Å². The first kappa shape index (κ1) is 8.78. The molecule has 0 amide bonds. The van der Waals surface area contributed by atoms with Crippen molar-refractivity contribution < 1.29 is 10.0 Å². The van der Waals surface area contributed by atoms with E-state index in [-0.39, 0.29) is 0 Å². The van der Waals surface area contributed by atoms with Crippen LogP contribution in [-0.2, 0) is 6.54 Å². The summed E-state index contributed by atoms with van der Waals surface area (Å²) in [7, 11) is -1.39. The molecule has 5 heteroatoms. The van der Waals surface area contributed by atoms with E-state index >= 15 is 0 Å². The summed E-state index contributed by atoms with van der Waals surface area (Å²) in [5.74, 6) is 0.881. The van der Waals surface area contributed by atoms with Crippen LogP contribution in [0, 0.1) is 5.92 Å². The van der Waals surface area contributed by atoms with Crippen LogP contribution in [0.25, 0.3) is 0 Å². The number of aromatic nitrogens is 2. The van der Waals surface area contributed by atoms with E-state index < -0.39 is 7.12 Å². The molecule has 0 bridgehead atoms. The van der Waals surface area contributed by atoms with Crippen molar-refractivity contribution in [2.24, 2.45) is 5.92 Å². The van der Waals surface area contributed by atoms with Crippen molar-refractivity contribution in [2.45, 2.75) is 25.8 Å². The lowest BCUT2D eigenvalue weighted by Crippen LogP contribution is -2.28. The molecule has 70 valence electrons. The quantitative estimate of drug-likeness (QED) is 0.606. The van der Waals surface area contributed by atoms with Gasteiger partial charge in [0, 0.05) is 24.4 Å². The summed E-state index contributed by atoms with van der Waals surface area (Å²) in [6, 6.07) is 0. The summed E-state index contributed by atoms with van der Waals surface area (Å²) >= 11 is 0. The third kappa shape index (κ3) is 2.32. The molecule has 2 rings (SSSR count). The van der Waals surface area contributed by atoms with Gasteiger partial charge in [-0.15, -0.1) is 0 Å². The van der Waals surface area contributed by atoms with Gasteiger partial charge < -0.3 is 10.0 Å². The highest BCUT2D eigenvalue weighted by molar-refractivity contribution is 6.58. The lowest BCUT2D eigenvalue weighted by atomic mass is 9.83. The van der Waals surface area contributed by atoms with E-state index in [0.29, 0.717) is 5.46 Å². The van der Waals surface area contributed by atoms with E-state index in [9.17, 15) is 0 Å². The summed E-state index contributed by atoms with van der Waals surface area (Å²) in [5, 5.41) is 21.7. The Hall–Kier alpha value is -0.805. The maximum atomic E-state index is 8.83. The Balaban J connectivity index is 1.88. The Labute approximate surface area is 77.3 Å². The molecular weight excluding hydrogens is 167 g/mol. The van der Waals surface area contributed by atoms with Gasteiger partial charge in [0.15, 0.2) is 0 Å². The Morgan fingerprint density at radius 2 is 2.31 bits per heavy atom. The molecule has 4 nitrogen and oxygen atoms in total. The monoisotopic (exact) mass is 180 g/mol. The van der Waals surface area contributed by atoms with Gasteiger partial charge in [-0.3, -0.25) is 4.68 Å². The minimum atomic E-state index is -1.39. The molecule has 1 heterocycles. The molecule has 1 aromatic rings. The largest absolute Gasteiger partial charge is 0.491 e. The zero-order valence-corrected chi connectivity index (χ0v) is 7.43. The molecule has 0 saturated heterocycles. The molecule has 1 aliphatic carbocycles. The number of hydrogen-bond acceptors (Lipinski definition) is 3. The predicted octanol–water partition coefficient (Wildman–Crippen LogP) is -0.637. The van der Waals surface area contributed by atoms with Gasteiger partial charge >= 0.3 is 7.12 Å². The average Bonchev–Trinajstić information content (AvgIpc) is 2.79. The molecule has 2 N–H and O–H groups in total. The van der Waals surface area contributed by atoms with Crippen LogP contribution in [0.3, 0.4) is 0 Å². The fourth-order valence-electron chi connectivity index (χ4n) is 1.36. The summed E-state index contributed by atoms with van der Waals surface area (Å²) < 4.78 is 1.77. The van der Waals surface area contributed by atoms with Crippen molar-refractivity contribution in [3.63, 3.8) is 0 Å². The second-order valence-corrected chi connectivity index (χ2v) is 3.64. The number of hydrogen-bond donors (Lipinski definition) is 2. The third-order valence-corrected chi connectivity index (χ3v) is 2.41. The normalized spacial score (nSPS) is 16.2. The van der Waals surface area contributed by atoms with Gasteiger partial charge in [0.2, 0.25) is 0 Å². The van der Waals surface area contributed by atoms with Crippen molar-refractivity contribution in [2.75, 3.05) is 0 Å². The van der Waals surface area contributed by atoms with Gasteiger partial charge in [-0.25, -0.2) is 0 Å². The number of rotatable bonds is 4. The number of nitrogens with zero attached hydrogens (tertiary/aromatic N) is 2. The summed E-state index contributed by atoms with van der Waals surface area (Å²) in [4.78, 5) is 0. The van der Waals surface area contributed by atoms with E-state index in [2.05, 4.69) is 5.10 Å². The molecule has 0 unspecified atom stereocenters. The maximum Gasteiger partial charge on any atom is 0.491 e. The Morgan fingerprint density at radius 1 is 1.54 bits per heavy atom. The molecule has 1 saturated carbocycles. The molecule has 0 radical (unpaired) electrons. The lowest BCUT2D eigenvalue weighted by Gasteiger charge is -1.98. The average molecular weight is 180 g/mol. The predicted molar refractivity (Wildman–Crippen MR) is 49.4 cm³/mol. The standard InChI is InChI=1S/C8H13BN2O2/c12-9(13)8-5-10-11(6-8)4-3-7-1-2-7/h5-7,12-13H,1-4H2. The van der Waals surface area contributed by atoms with Crippen molar-refractivity contribution in [1.29, 1.82) is 0 Å². The van der Waals surface area contributed by atoms with Crippen molar-refractivity contribution in [3.05, 3.63) is 12.4 Å². The molecule has 0 aromatic carbocycles. The van der Waals surface area contributed by atoms with E-state index in [1.807, 2.05) is 0 Å².